The van der Waals surface area contributed by atoms with Gasteiger partial charge in [0, 0.05) is 6.42 Å². The third-order valence-electron chi connectivity index (χ3n) is 4.95. The Balaban J connectivity index is 1.85. The Morgan fingerprint density at radius 3 is 2.15 bits per heavy atom. The van der Waals surface area contributed by atoms with E-state index in [9.17, 15) is 4.79 Å². The van der Waals surface area contributed by atoms with Gasteiger partial charge in [0.1, 0.15) is 0 Å². The zero-order valence-electron chi connectivity index (χ0n) is 17.3. The second kappa shape index (κ2) is 16.8. The summed E-state index contributed by atoms with van der Waals surface area (Å²) in [6.45, 7) is 2.27. The van der Waals surface area contributed by atoms with Crippen molar-refractivity contribution in [1.82, 2.24) is 0 Å². The van der Waals surface area contributed by atoms with Gasteiger partial charge in [0.25, 0.3) is 0 Å². The van der Waals surface area contributed by atoms with Gasteiger partial charge in [-0.25, -0.2) is 0 Å². The minimum atomic E-state index is -0.716. The Morgan fingerprint density at radius 2 is 1.44 bits per heavy atom. The van der Waals surface area contributed by atoms with E-state index in [1.807, 2.05) is 0 Å². The molecule has 0 bridgehead atoms. The Bertz CT molecular complexity index is 451. The molecule has 1 saturated heterocycles. The lowest BCUT2D eigenvalue weighted by Gasteiger charge is -1.98. The standard InChI is InChI=1S/C24H40O3/c1-2-3-4-5-6-7-8-9-10-11-12-13-14-15-16-17-19-22-23(27-22)20-18-21-24(25)26/h10-11,13-14,16-17,22-23H,2-9,12,15,18-21H2,1H3,(H,25,26). The number of carbonyl (C=O) groups is 1. The Labute approximate surface area is 166 Å². The van der Waals surface area contributed by atoms with Gasteiger partial charge in [-0.3, -0.25) is 4.79 Å². The van der Waals surface area contributed by atoms with Crippen molar-refractivity contribution in [2.75, 3.05) is 0 Å². The molecular formula is C24H40O3. The first-order valence-electron chi connectivity index (χ1n) is 11.1. The van der Waals surface area contributed by atoms with E-state index >= 15 is 0 Å². The van der Waals surface area contributed by atoms with E-state index in [0.717, 1.165) is 32.1 Å². The van der Waals surface area contributed by atoms with Crippen LogP contribution in [0, 0.1) is 0 Å². The molecule has 2 unspecified atom stereocenters. The molecule has 1 heterocycles. The van der Waals surface area contributed by atoms with Crippen LogP contribution < -0.4 is 0 Å². The van der Waals surface area contributed by atoms with Crippen LogP contribution in [0.25, 0.3) is 0 Å². The molecule has 0 saturated carbocycles. The van der Waals surface area contributed by atoms with Crippen molar-refractivity contribution in [2.45, 2.75) is 109 Å². The predicted molar refractivity (Wildman–Crippen MR) is 114 cm³/mol. The number of aliphatic carboxylic acids is 1. The molecule has 1 fully saturated rings. The first kappa shape index (κ1) is 23.7. The van der Waals surface area contributed by atoms with Gasteiger partial charge in [0.15, 0.2) is 0 Å². The van der Waals surface area contributed by atoms with Crippen molar-refractivity contribution in [3.8, 4) is 0 Å². The van der Waals surface area contributed by atoms with Crippen LogP contribution in [0.15, 0.2) is 36.5 Å². The number of unbranched alkanes of at least 4 members (excludes halogenated alkanes) is 7. The number of carboxylic acid groups (broad SMARTS) is 1. The molecule has 27 heavy (non-hydrogen) atoms. The lowest BCUT2D eigenvalue weighted by molar-refractivity contribution is -0.137. The highest BCUT2D eigenvalue weighted by atomic mass is 16.6. The molecule has 2 atom stereocenters. The van der Waals surface area contributed by atoms with Crippen molar-refractivity contribution in [3.63, 3.8) is 0 Å². The van der Waals surface area contributed by atoms with Crippen LogP contribution >= 0.6 is 0 Å². The minimum absolute atomic E-state index is 0.251. The third kappa shape index (κ3) is 15.4. The summed E-state index contributed by atoms with van der Waals surface area (Å²) in [6, 6.07) is 0. The molecule has 1 aliphatic heterocycles. The number of carboxylic acids is 1. The number of hydrogen-bond donors (Lipinski definition) is 1. The average Bonchev–Trinajstić information content (AvgIpc) is 3.39. The van der Waals surface area contributed by atoms with Crippen molar-refractivity contribution in [2.24, 2.45) is 0 Å². The summed E-state index contributed by atoms with van der Waals surface area (Å²) >= 11 is 0. The maximum Gasteiger partial charge on any atom is 0.303 e. The van der Waals surface area contributed by atoms with Crippen molar-refractivity contribution in [3.05, 3.63) is 36.5 Å². The number of ether oxygens (including phenoxy) is 1. The lowest BCUT2D eigenvalue weighted by atomic mass is 10.1. The monoisotopic (exact) mass is 376 g/mol. The van der Waals surface area contributed by atoms with Crippen molar-refractivity contribution >= 4 is 5.97 Å². The Kier molecular flexibility index (Phi) is 14.7. The molecule has 0 amide bonds. The van der Waals surface area contributed by atoms with Crippen LogP contribution in [-0.4, -0.2) is 23.3 Å². The van der Waals surface area contributed by atoms with E-state index < -0.39 is 5.97 Å². The van der Waals surface area contributed by atoms with E-state index in [0.29, 0.717) is 6.10 Å². The highest BCUT2D eigenvalue weighted by Gasteiger charge is 2.36. The van der Waals surface area contributed by atoms with Crippen LogP contribution in [-0.2, 0) is 9.53 Å². The second-order valence-electron chi connectivity index (χ2n) is 7.53. The minimum Gasteiger partial charge on any atom is -0.481 e. The predicted octanol–water partition coefficient (Wildman–Crippen LogP) is 6.99. The summed E-state index contributed by atoms with van der Waals surface area (Å²) in [5.41, 5.74) is 0. The van der Waals surface area contributed by atoms with Crippen LogP contribution in [0.5, 0.6) is 0 Å². The smallest absolute Gasteiger partial charge is 0.303 e. The maximum atomic E-state index is 10.5. The Hall–Kier alpha value is -1.35. The summed E-state index contributed by atoms with van der Waals surface area (Å²) < 4.78 is 5.55. The van der Waals surface area contributed by atoms with Gasteiger partial charge in [0.2, 0.25) is 0 Å². The molecule has 0 radical (unpaired) electrons. The molecular weight excluding hydrogens is 336 g/mol. The fourth-order valence-corrected chi connectivity index (χ4v) is 3.20. The van der Waals surface area contributed by atoms with Gasteiger partial charge in [0.05, 0.1) is 12.2 Å². The molecule has 154 valence electrons. The molecule has 3 heteroatoms. The lowest BCUT2D eigenvalue weighted by Crippen LogP contribution is -1.97. The molecule has 0 spiro atoms. The largest absolute Gasteiger partial charge is 0.481 e. The number of epoxide rings is 1. The molecule has 1 N–H and O–H groups in total. The zero-order chi connectivity index (χ0) is 19.6. The van der Waals surface area contributed by atoms with Gasteiger partial charge in [-0.05, 0) is 44.9 Å². The first-order chi connectivity index (χ1) is 13.2. The summed E-state index contributed by atoms with van der Waals surface area (Å²) in [5.74, 6) is -0.716. The van der Waals surface area contributed by atoms with Gasteiger partial charge < -0.3 is 9.84 Å². The van der Waals surface area contributed by atoms with Crippen LogP contribution in [0.1, 0.15) is 96.8 Å². The third-order valence-corrected chi connectivity index (χ3v) is 4.95. The molecule has 0 aliphatic carbocycles. The van der Waals surface area contributed by atoms with Crippen molar-refractivity contribution in [1.29, 1.82) is 0 Å². The van der Waals surface area contributed by atoms with E-state index in [1.54, 1.807) is 0 Å². The number of rotatable bonds is 18. The van der Waals surface area contributed by atoms with E-state index in [2.05, 4.69) is 43.4 Å². The number of allylic oxidation sites excluding steroid dienone is 5. The number of hydrogen-bond acceptors (Lipinski definition) is 2. The Morgan fingerprint density at radius 1 is 0.815 bits per heavy atom. The summed E-state index contributed by atoms with van der Waals surface area (Å²) in [6.07, 6.45) is 29.7. The van der Waals surface area contributed by atoms with Gasteiger partial charge in [-0.1, -0.05) is 81.9 Å². The highest BCUT2D eigenvalue weighted by molar-refractivity contribution is 5.66. The van der Waals surface area contributed by atoms with E-state index in [1.165, 1.54) is 51.4 Å². The topological polar surface area (TPSA) is 49.8 Å². The molecule has 1 aliphatic rings. The fraction of sp³-hybridized carbons (Fsp3) is 0.708. The van der Waals surface area contributed by atoms with Crippen LogP contribution in [0.2, 0.25) is 0 Å². The average molecular weight is 377 g/mol. The van der Waals surface area contributed by atoms with Crippen molar-refractivity contribution < 1.29 is 14.6 Å². The van der Waals surface area contributed by atoms with Crippen LogP contribution in [0.4, 0.5) is 0 Å². The molecule has 3 nitrogen and oxygen atoms in total. The SMILES string of the molecule is CCCCCCCCCC=CCC=CCC=CCC1OC1CCCC(=O)O. The maximum absolute atomic E-state index is 10.5. The van der Waals surface area contributed by atoms with Gasteiger partial charge >= 0.3 is 5.97 Å². The normalized spacial score (nSPS) is 19.6. The van der Waals surface area contributed by atoms with E-state index in [-0.39, 0.29) is 12.5 Å². The van der Waals surface area contributed by atoms with E-state index in [4.69, 9.17) is 9.84 Å². The first-order valence-corrected chi connectivity index (χ1v) is 11.1. The highest BCUT2D eigenvalue weighted by Crippen LogP contribution is 2.30. The molecule has 0 aromatic heterocycles. The molecule has 0 aromatic carbocycles. The summed E-state index contributed by atoms with van der Waals surface area (Å²) in [4.78, 5) is 10.5. The summed E-state index contributed by atoms with van der Waals surface area (Å²) in [7, 11) is 0. The quantitative estimate of drug-likeness (QED) is 0.159. The van der Waals surface area contributed by atoms with Gasteiger partial charge in [-0.15, -0.1) is 0 Å². The molecule has 0 aromatic rings. The zero-order valence-corrected chi connectivity index (χ0v) is 17.3. The second-order valence-corrected chi connectivity index (χ2v) is 7.53. The van der Waals surface area contributed by atoms with Gasteiger partial charge in [-0.2, -0.15) is 0 Å². The van der Waals surface area contributed by atoms with Crippen LogP contribution in [0.3, 0.4) is 0 Å². The molecule has 1 rings (SSSR count). The summed E-state index contributed by atoms with van der Waals surface area (Å²) in [5, 5.41) is 8.61. The fourth-order valence-electron chi connectivity index (χ4n) is 3.20.